The third-order valence-corrected chi connectivity index (χ3v) is 4.81. The van der Waals surface area contributed by atoms with Crippen molar-refractivity contribution < 1.29 is 4.79 Å². The van der Waals surface area contributed by atoms with Crippen LogP contribution in [-0.4, -0.2) is 28.6 Å². The Hall–Kier alpha value is -1.27. The van der Waals surface area contributed by atoms with Gasteiger partial charge in [0.2, 0.25) is 0 Å². The number of carbonyl (C=O) groups excluding carboxylic acids is 1. The van der Waals surface area contributed by atoms with Crippen LogP contribution in [0.15, 0.2) is 23.7 Å². The molecule has 2 N–H and O–H groups in total. The van der Waals surface area contributed by atoms with E-state index in [0.717, 1.165) is 33.8 Å². The summed E-state index contributed by atoms with van der Waals surface area (Å²) in [5.74, 6) is 2.15. The average Bonchev–Trinajstić information content (AvgIpc) is 2.98. The lowest BCUT2D eigenvalue weighted by molar-refractivity contribution is 0.249. The number of nitrogens with one attached hydrogen (secondary N) is 2. The van der Waals surface area contributed by atoms with Gasteiger partial charge in [-0.3, -0.25) is 0 Å². The largest absolute Gasteiger partial charge is 0.334 e. The lowest BCUT2D eigenvalue weighted by atomic mass is 10.2. The minimum Gasteiger partial charge on any atom is -0.334 e. The van der Waals surface area contributed by atoms with Crippen molar-refractivity contribution in [3.8, 4) is 0 Å². The molecule has 2 amide bonds. The van der Waals surface area contributed by atoms with Crippen molar-refractivity contribution in [2.24, 2.45) is 0 Å². The number of hydrogen-bond acceptors (Lipinski definition) is 4. The first-order valence-electron chi connectivity index (χ1n) is 5.80. The Kier molecular flexibility index (Phi) is 3.38. The molecule has 2 heterocycles. The van der Waals surface area contributed by atoms with Gasteiger partial charge in [-0.1, -0.05) is 0 Å². The summed E-state index contributed by atoms with van der Waals surface area (Å²) in [6.45, 7) is 0. The van der Waals surface area contributed by atoms with E-state index < -0.39 is 0 Å². The highest BCUT2D eigenvalue weighted by molar-refractivity contribution is 7.99. The van der Waals surface area contributed by atoms with Crippen LogP contribution < -0.4 is 10.6 Å². The van der Waals surface area contributed by atoms with Gasteiger partial charge >= 0.3 is 6.03 Å². The second-order valence-corrected chi connectivity index (χ2v) is 6.23. The molecule has 6 heteroatoms. The third kappa shape index (κ3) is 2.59. The molecule has 0 bridgehead atoms. The van der Waals surface area contributed by atoms with Crippen LogP contribution in [0.2, 0.25) is 0 Å². The molecule has 18 heavy (non-hydrogen) atoms. The first kappa shape index (κ1) is 11.8. The summed E-state index contributed by atoms with van der Waals surface area (Å²) in [6, 6.07) is 5.95. The molecule has 1 aromatic carbocycles. The molecule has 1 aliphatic rings. The Morgan fingerprint density at radius 3 is 3.22 bits per heavy atom. The molecule has 4 nitrogen and oxygen atoms in total. The van der Waals surface area contributed by atoms with Crippen molar-refractivity contribution in [3.63, 3.8) is 0 Å². The molecule has 1 unspecified atom stereocenters. The van der Waals surface area contributed by atoms with Gasteiger partial charge in [-0.15, -0.1) is 11.3 Å². The summed E-state index contributed by atoms with van der Waals surface area (Å²) in [4.78, 5) is 16.0. The van der Waals surface area contributed by atoms with Crippen LogP contribution in [0.3, 0.4) is 0 Å². The Bertz CT molecular complexity index is 563. The predicted octanol–water partition coefficient (Wildman–Crippen LogP) is 2.92. The maximum atomic E-state index is 11.8. The van der Waals surface area contributed by atoms with Crippen LogP contribution in [0.25, 0.3) is 10.2 Å². The Balaban J connectivity index is 1.65. The molecule has 0 spiro atoms. The number of aromatic nitrogens is 1. The smallest absolute Gasteiger partial charge is 0.319 e. The average molecular weight is 279 g/mol. The zero-order chi connectivity index (χ0) is 12.4. The first-order chi connectivity index (χ1) is 8.81. The molecule has 0 radical (unpaired) electrons. The summed E-state index contributed by atoms with van der Waals surface area (Å²) >= 11 is 3.46. The second-order valence-electron chi connectivity index (χ2n) is 4.19. The van der Waals surface area contributed by atoms with E-state index in [1.54, 1.807) is 11.3 Å². The monoisotopic (exact) mass is 279 g/mol. The fourth-order valence-corrected chi connectivity index (χ4v) is 3.80. The van der Waals surface area contributed by atoms with E-state index in [9.17, 15) is 4.79 Å². The quantitative estimate of drug-likeness (QED) is 0.888. The highest BCUT2D eigenvalue weighted by Gasteiger charge is 2.17. The minimum atomic E-state index is -0.119. The lowest BCUT2D eigenvalue weighted by Crippen LogP contribution is -2.37. The highest BCUT2D eigenvalue weighted by Crippen LogP contribution is 2.22. The van der Waals surface area contributed by atoms with Gasteiger partial charge in [-0.25, -0.2) is 9.78 Å². The van der Waals surface area contributed by atoms with Gasteiger partial charge in [0.25, 0.3) is 0 Å². The Morgan fingerprint density at radius 2 is 2.39 bits per heavy atom. The summed E-state index contributed by atoms with van der Waals surface area (Å²) in [5, 5.41) is 5.86. The van der Waals surface area contributed by atoms with Crippen LogP contribution in [0.4, 0.5) is 10.5 Å². The number of thiazole rings is 1. The van der Waals surface area contributed by atoms with E-state index in [4.69, 9.17) is 0 Å². The molecule has 1 saturated heterocycles. The number of benzene rings is 1. The van der Waals surface area contributed by atoms with Crippen LogP contribution in [-0.2, 0) is 0 Å². The topological polar surface area (TPSA) is 54.0 Å². The number of amides is 2. The maximum Gasteiger partial charge on any atom is 0.319 e. The molecule has 1 atom stereocenters. The number of rotatable bonds is 2. The minimum absolute atomic E-state index is 0.119. The van der Waals surface area contributed by atoms with Crippen molar-refractivity contribution in [2.75, 3.05) is 16.8 Å². The number of nitrogens with zero attached hydrogens (tertiary/aromatic N) is 1. The molecule has 1 fully saturated rings. The van der Waals surface area contributed by atoms with E-state index in [1.165, 1.54) is 0 Å². The fourth-order valence-electron chi connectivity index (χ4n) is 1.93. The van der Waals surface area contributed by atoms with Crippen LogP contribution in [0.5, 0.6) is 0 Å². The van der Waals surface area contributed by atoms with E-state index >= 15 is 0 Å². The zero-order valence-corrected chi connectivity index (χ0v) is 11.3. The second kappa shape index (κ2) is 5.16. The van der Waals surface area contributed by atoms with Crippen molar-refractivity contribution in [1.82, 2.24) is 10.3 Å². The van der Waals surface area contributed by atoms with Crippen molar-refractivity contribution >= 4 is 45.0 Å². The number of hydrogen-bond donors (Lipinski definition) is 2. The number of urea groups is 1. The van der Waals surface area contributed by atoms with E-state index in [-0.39, 0.29) is 6.03 Å². The number of anilines is 1. The van der Waals surface area contributed by atoms with Gasteiger partial charge in [0.05, 0.1) is 15.7 Å². The van der Waals surface area contributed by atoms with Gasteiger partial charge < -0.3 is 10.6 Å². The van der Waals surface area contributed by atoms with Crippen LogP contribution in [0, 0.1) is 0 Å². The van der Waals surface area contributed by atoms with Crippen molar-refractivity contribution in [3.05, 3.63) is 23.7 Å². The number of carbonyl (C=O) groups is 1. The SMILES string of the molecule is O=C(Nc1ccc2ncsc2c1)NC1CCSC1. The molecule has 1 aromatic heterocycles. The lowest BCUT2D eigenvalue weighted by Gasteiger charge is -2.12. The summed E-state index contributed by atoms with van der Waals surface area (Å²) < 4.78 is 1.09. The summed E-state index contributed by atoms with van der Waals surface area (Å²) in [6.07, 6.45) is 1.06. The van der Waals surface area contributed by atoms with E-state index in [0.29, 0.717) is 6.04 Å². The molecular formula is C12H13N3OS2. The number of fused-ring (bicyclic) bond motifs is 1. The van der Waals surface area contributed by atoms with Crippen molar-refractivity contribution in [1.29, 1.82) is 0 Å². The molecule has 0 saturated carbocycles. The Morgan fingerprint density at radius 1 is 1.44 bits per heavy atom. The maximum absolute atomic E-state index is 11.8. The predicted molar refractivity (Wildman–Crippen MR) is 77.5 cm³/mol. The van der Waals surface area contributed by atoms with Gasteiger partial charge in [0.1, 0.15) is 0 Å². The fraction of sp³-hybridized carbons (Fsp3) is 0.333. The van der Waals surface area contributed by atoms with Crippen LogP contribution in [0.1, 0.15) is 6.42 Å². The molecule has 94 valence electrons. The van der Waals surface area contributed by atoms with E-state index in [1.807, 2.05) is 35.5 Å². The molecular weight excluding hydrogens is 266 g/mol. The Labute approximate surface area is 113 Å². The van der Waals surface area contributed by atoms with Gasteiger partial charge in [0, 0.05) is 17.5 Å². The summed E-state index contributed by atoms with van der Waals surface area (Å²) in [7, 11) is 0. The standard InChI is InChI=1S/C12H13N3OS2/c16-12(15-9-3-4-17-6-9)14-8-1-2-10-11(5-8)18-7-13-10/h1-2,5,7,9H,3-4,6H2,(H2,14,15,16). The molecule has 2 aromatic rings. The van der Waals surface area contributed by atoms with E-state index in [2.05, 4.69) is 15.6 Å². The first-order valence-corrected chi connectivity index (χ1v) is 7.83. The van der Waals surface area contributed by atoms with Gasteiger partial charge in [-0.2, -0.15) is 11.8 Å². The number of thioether (sulfide) groups is 1. The van der Waals surface area contributed by atoms with Crippen LogP contribution >= 0.6 is 23.1 Å². The van der Waals surface area contributed by atoms with Crippen molar-refractivity contribution in [2.45, 2.75) is 12.5 Å². The highest BCUT2D eigenvalue weighted by atomic mass is 32.2. The van der Waals surface area contributed by atoms with Gasteiger partial charge in [-0.05, 0) is 30.4 Å². The third-order valence-electron chi connectivity index (χ3n) is 2.85. The summed E-state index contributed by atoms with van der Waals surface area (Å²) in [5.41, 5.74) is 3.60. The normalized spacial score (nSPS) is 19.0. The zero-order valence-electron chi connectivity index (χ0n) is 9.68. The van der Waals surface area contributed by atoms with Gasteiger partial charge in [0.15, 0.2) is 0 Å². The molecule has 0 aliphatic carbocycles. The molecule has 3 rings (SSSR count). The molecule has 1 aliphatic heterocycles.